The van der Waals surface area contributed by atoms with E-state index in [4.69, 9.17) is 41.5 Å². The molecule has 2 aliphatic carbocycles. The maximum atomic E-state index is 13.3. The quantitative estimate of drug-likeness (QED) is 0.0750. The Bertz CT molecular complexity index is 2630. The fourth-order valence-electron chi connectivity index (χ4n) is 11.7. The molecule has 8 rings (SSSR count). The first kappa shape index (κ1) is 51.1. The number of nitriles is 1. The van der Waals surface area contributed by atoms with Crippen molar-refractivity contribution < 1.29 is 28.6 Å². The lowest BCUT2D eigenvalue weighted by molar-refractivity contribution is -0.161. The number of primary amides is 1. The molecule has 0 unspecified atom stereocenters. The Morgan fingerprint density at radius 1 is 0.958 bits per heavy atom. The molecule has 378 valence electrons. The third kappa shape index (κ3) is 10.6. The molecule has 1 atom stereocenters. The number of nitrogens with zero attached hydrogens (tertiary/aromatic N) is 8. The number of ether oxygens (including phenoxy) is 3. The number of hydrogen-bond acceptors (Lipinski definition) is 14. The van der Waals surface area contributed by atoms with Gasteiger partial charge in [0.15, 0.2) is 5.82 Å². The van der Waals surface area contributed by atoms with Gasteiger partial charge in [-0.25, -0.2) is 15.0 Å². The largest absolute Gasteiger partial charge is 0.495 e. The molecule has 3 fully saturated rings. The molecule has 0 spiro atoms. The predicted molar refractivity (Wildman–Crippen MR) is 274 cm³/mol. The second kappa shape index (κ2) is 21.6. The van der Waals surface area contributed by atoms with E-state index >= 15 is 0 Å². The van der Waals surface area contributed by atoms with E-state index in [1.165, 1.54) is 0 Å². The number of likely N-dealkylation sites (N-methyl/N-ethyl adjacent to an activating group) is 1. The van der Waals surface area contributed by atoms with E-state index in [0.717, 1.165) is 83.1 Å². The topological polar surface area (TPSA) is 214 Å². The molecule has 4 heterocycles. The highest BCUT2D eigenvalue weighted by Gasteiger charge is 2.65. The number of nitrogens with one attached hydrogen (secondary N) is 2. The van der Waals surface area contributed by atoms with E-state index in [1.54, 1.807) is 67.8 Å². The standard InChI is InChI=1S/C53H68ClN11O6/c1-8-40-48(68)63(6)41-31-58-50(62-46(41)65(40)34-15-11-12-16-34)60-39-20-18-32(27-42(39)69-7)47(67)57-23-13-9-10-14-26-70-35-21-24-64(25-22-35)51-59-30-37(45(56)66)43(61-51)44-52(2,3)49(53(44,4)5)71-36-19-17-33(29-55)38(54)28-36/h17-20,27-28,30-31,34-35,40,44,49H,8-16,21-26H2,1-7H3,(H2,56,66)(H,57,67)(H,58,60,62)/t40-,44?,49?/m1/s1. The third-order valence-electron chi connectivity index (χ3n) is 15.1. The highest BCUT2D eigenvalue weighted by molar-refractivity contribution is 6.31. The molecule has 2 saturated carbocycles. The highest BCUT2D eigenvalue weighted by atomic mass is 35.5. The van der Waals surface area contributed by atoms with Gasteiger partial charge in [-0.3, -0.25) is 14.4 Å². The Kier molecular flexibility index (Phi) is 15.6. The van der Waals surface area contributed by atoms with Gasteiger partial charge in [-0.2, -0.15) is 10.2 Å². The number of halogens is 1. The fourth-order valence-corrected chi connectivity index (χ4v) is 11.9. The van der Waals surface area contributed by atoms with Crippen LogP contribution < -0.4 is 40.5 Å². The molecule has 3 amide bonds. The summed E-state index contributed by atoms with van der Waals surface area (Å²) in [5.74, 6) is 1.94. The molecule has 4 aromatic rings. The van der Waals surface area contributed by atoms with Gasteiger partial charge in [0.25, 0.3) is 11.8 Å². The van der Waals surface area contributed by atoms with Crippen LogP contribution in [-0.4, -0.2) is 102 Å². The number of anilines is 5. The van der Waals surface area contributed by atoms with Crippen molar-refractivity contribution in [3.63, 3.8) is 0 Å². The number of methoxy groups -OCH3 is 1. The zero-order valence-electron chi connectivity index (χ0n) is 42.1. The summed E-state index contributed by atoms with van der Waals surface area (Å²) in [6.45, 7) is 13.1. The molecule has 0 bridgehead atoms. The van der Waals surface area contributed by atoms with Crippen molar-refractivity contribution in [2.45, 2.75) is 135 Å². The number of hydrogen-bond donors (Lipinski definition) is 3. The van der Waals surface area contributed by atoms with E-state index in [-0.39, 0.29) is 42.0 Å². The van der Waals surface area contributed by atoms with Crippen LogP contribution in [0.3, 0.4) is 0 Å². The number of aromatic nitrogens is 4. The first-order valence-corrected chi connectivity index (χ1v) is 25.5. The second-order valence-corrected chi connectivity index (χ2v) is 20.9. The van der Waals surface area contributed by atoms with Gasteiger partial charge in [-0.1, -0.05) is 71.9 Å². The molecule has 0 radical (unpaired) electrons. The number of piperidine rings is 1. The normalized spacial score (nSPS) is 20.7. The average molecular weight is 991 g/mol. The molecule has 2 aromatic heterocycles. The van der Waals surface area contributed by atoms with Crippen LogP contribution in [0.15, 0.2) is 48.8 Å². The highest BCUT2D eigenvalue weighted by Crippen LogP contribution is 2.65. The lowest BCUT2D eigenvalue weighted by atomic mass is 9.44. The van der Waals surface area contributed by atoms with Crippen LogP contribution in [0.5, 0.6) is 11.5 Å². The van der Waals surface area contributed by atoms with E-state index in [1.807, 2.05) is 6.92 Å². The summed E-state index contributed by atoms with van der Waals surface area (Å²) in [4.78, 5) is 64.4. The summed E-state index contributed by atoms with van der Waals surface area (Å²) in [7, 11) is 3.35. The molecule has 17 nitrogen and oxygen atoms in total. The number of fused-ring (bicyclic) bond motifs is 1. The van der Waals surface area contributed by atoms with E-state index in [2.05, 4.69) is 64.2 Å². The number of carbonyl (C=O) groups is 3. The van der Waals surface area contributed by atoms with Crippen molar-refractivity contribution in [2.75, 3.05) is 60.4 Å². The van der Waals surface area contributed by atoms with Gasteiger partial charge in [0.05, 0.1) is 46.9 Å². The number of amides is 3. The van der Waals surface area contributed by atoms with Crippen LogP contribution in [0.2, 0.25) is 5.02 Å². The summed E-state index contributed by atoms with van der Waals surface area (Å²) >= 11 is 6.32. The zero-order valence-corrected chi connectivity index (χ0v) is 42.9. The summed E-state index contributed by atoms with van der Waals surface area (Å²) in [5, 5.41) is 16.0. The van der Waals surface area contributed by atoms with Gasteiger partial charge in [0.1, 0.15) is 35.4 Å². The molecule has 18 heteroatoms. The Morgan fingerprint density at radius 3 is 2.37 bits per heavy atom. The molecule has 71 heavy (non-hydrogen) atoms. The lowest BCUT2D eigenvalue weighted by Crippen LogP contribution is -2.64. The number of unbranched alkanes of at least 4 members (excludes halogenated alkanes) is 3. The first-order valence-electron chi connectivity index (χ1n) is 25.1. The van der Waals surface area contributed by atoms with Gasteiger partial charge in [0, 0.05) is 73.9 Å². The average Bonchev–Trinajstić information content (AvgIpc) is 3.90. The molecule has 2 aromatic carbocycles. The van der Waals surface area contributed by atoms with Crippen LogP contribution in [-0.2, 0) is 9.53 Å². The van der Waals surface area contributed by atoms with Crippen molar-refractivity contribution in [1.82, 2.24) is 25.3 Å². The van der Waals surface area contributed by atoms with E-state index < -0.39 is 16.7 Å². The van der Waals surface area contributed by atoms with Crippen molar-refractivity contribution in [3.8, 4) is 17.6 Å². The number of carbonyl (C=O) groups excluding carboxylic acids is 3. The van der Waals surface area contributed by atoms with Gasteiger partial charge in [-0.05, 0) is 75.3 Å². The maximum Gasteiger partial charge on any atom is 0.252 e. The lowest BCUT2D eigenvalue weighted by Gasteiger charge is -2.63. The second-order valence-electron chi connectivity index (χ2n) is 20.5. The zero-order chi connectivity index (χ0) is 50.6. The Balaban J connectivity index is 0.764. The van der Waals surface area contributed by atoms with Crippen molar-refractivity contribution in [3.05, 3.63) is 76.2 Å². The summed E-state index contributed by atoms with van der Waals surface area (Å²) < 4.78 is 18.5. The molecule has 2 aliphatic heterocycles. The predicted octanol–water partition coefficient (Wildman–Crippen LogP) is 8.72. The summed E-state index contributed by atoms with van der Waals surface area (Å²) in [6.07, 6.45) is 13.6. The minimum Gasteiger partial charge on any atom is -0.495 e. The SMILES string of the molecule is CC[C@@H]1C(=O)N(C)c2cnc(Nc3ccc(C(=O)NCCCCCCOC4CCN(c5ncc(C(N)=O)c(C6C(C)(C)C(Oc7ccc(C#N)c(Cl)c7)C6(C)C)n5)CC4)cc3OC)nc2N1C1CCCC1. The van der Waals surface area contributed by atoms with Crippen molar-refractivity contribution >= 4 is 58.4 Å². The smallest absolute Gasteiger partial charge is 0.252 e. The van der Waals surface area contributed by atoms with Gasteiger partial charge >= 0.3 is 0 Å². The maximum absolute atomic E-state index is 13.3. The Hall–Kier alpha value is -6.25. The van der Waals surface area contributed by atoms with Crippen LogP contribution in [0.4, 0.5) is 29.1 Å². The molecule has 4 N–H and O–H groups in total. The number of benzene rings is 2. The Morgan fingerprint density at radius 2 is 1.69 bits per heavy atom. The van der Waals surface area contributed by atoms with Crippen molar-refractivity contribution in [1.29, 1.82) is 5.26 Å². The van der Waals surface area contributed by atoms with Crippen LogP contribution in [0.1, 0.15) is 143 Å². The summed E-state index contributed by atoms with van der Waals surface area (Å²) in [5.41, 5.74) is 8.16. The molecular weight excluding hydrogens is 922 g/mol. The molecule has 1 saturated heterocycles. The summed E-state index contributed by atoms with van der Waals surface area (Å²) in [6, 6.07) is 12.4. The van der Waals surface area contributed by atoms with E-state index in [9.17, 15) is 19.6 Å². The number of nitrogens with two attached hydrogens (primary N) is 1. The fraction of sp³-hybridized carbons (Fsp3) is 0.547. The number of rotatable bonds is 19. The third-order valence-corrected chi connectivity index (χ3v) is 15.4. The minimum atomic E-state index is -0.570. The first-order chi connectivity index (χ1) is 34.1. The molecule has 4 aliphatic rings. The van der Waals surface area contributed by atoms with Gasteiger partial charge in [-0.15, -0.1) is 0 Å². The van der Waals surface area contributed by atoms with Crippen LogP contribution in [0.25, 0.3) is 0 Å². The molecular formula is C53H68ClN11O6. The van der Waals surface area contributed by atoms with Crippen molar-refractivity contribution in [2.24, 2.45) is 16.6 Å². The van der Waals surface area contributed by atoms with Crippen LogP contribution >= 0.6 is 11.6 Å². The van der Waals surface area contributed by atoms with Crippen LogP contribution in [0, 0.1) is 22.2 Å². The Labute approximate surface area is 422 Å². The monoisotopic (exact) mass is 990 g/mol. The minimum absolute atomic E-state index is 0.0670. The van der Waals surface area contributed by atoms with E-state index in [0.29, 0.717) is 81.7 Å². The van der Waals surface area contributed by atoms with Gasteiger partial charge in [0.2, 0.25) is 17.8 Å². The van der Waals surface area contributed by atoms with Gasteiger partial charge < -0.3 is 45.3 Å².